The molecule has 0 radical (unpaired) electrons. The number of benzene rings is 2. The molecular weight excluding hydrogens is 316 g/mol. The molecule has 0 bridgehead atoms. The lowest BCUT2D eigenvalue weighted by atomic mass is 10.1. The molecule has 0 fully saturated rings. The number of aromatic nitrogens is 1. The molecule has 4 nitrogen and oxygen atoms in total. The molecule has 1 heterocycles. The number of halogens is 2. The van der Waals surface area contributed by atoms with Gasteiger partial charge < -0.3 is 9.67 Å². The minimum atomic E-state index is -1.41. The van der Waals surface area contributed by atoms with Crippen molar-refractivity contribution in [3.05, 3.63) is 81.1 Å². The first-order valence-electron chi connectivity index (χ1n) is 7.18. The lowest BCUT2D eigenvalue weighted by Crippen LogP contribution is -2.20. The lowest BCUT2D eigenvalue weighted by molar-refractivity contribution is 0.0695. The van der Waals surface area contributed by atoms with Crippen molar-refractivity contribution in [2.75, 3.05) is 0 Å². The number of aryl methyl sites for hydroxylation is 1. The first kappa shape index (κ1) is 15.9. The van der Waals surface area contributed by atoms with Crippen molar-refractivity contribution in [2.24, 2.45) is 0 Å². The molecule has 6 heteroatoms. The summed E-state index contributed by atoms with van der Waals surface area (Å²) in [6.45, 7) is 2.12. The summed E-state index contributed by atoms with van der Waals surface area (Å²) in [4.78, 5) is 23.5. The fourth-order valence-electron chi connectivity index (χ4n) is 2.64. The van der Waals surface area contributed by atoms with Gasteiger partial charge in [0.15, 0.2) is 11.6 Å². The summed E-state index contributed by atoms with van der Waals surface area (Å²) in [5.41, 5.74) is 0.666. The van der Waals surface area contributed by atoms with E-state index in [1.807, 2.05) is 31.2 Å². The summed E-state index contributed by atoms with van der Waals surface area (Å²) >= 11 is 0. The third-order valence-electron chi connectivity index (χ3n) is 3.95. The molecular formula is C18H13F2NO3. The quantitative estimate of drug-likeness (QED) is 0.802. The Hall–Kier alpha value is -3.02. The van der Waals surface area contributed by atoms with Crippen LogP contribution in [-0.2, 0) is 6.54 Å². The Balaban J connectivity index is 2.31. The normalized spacial score (nSPS) is 11.0. The summed E-state index contributed by atoms with van der Waals surface area (Å²) in [5, 5.41) is 9.05. The van der Waals surface area contributed by atoms with Gasteiger partial charge in [0.05, 0.1) is 5.52 Å². The van der Waals surface area contributed by atoms with Gasteiger partial charge in [0, 0.05) is 24.2 Å². The van der Waals surface area contributed by atoms with Gasteiger partial charge in [-0.2, -0.15) is 0 Å². The van der Waals surface area contributed by atoms with Crippen LogP contribution >= 0.6 is 0 Å². The smallest absolute Gasteiger partial charge is 0.341 e. The number of hydrogen-bond acceptors (Lipinski definition) is 2. The Morgan fingerprint density at radius 1 is 1.17 bits per heavy atom. The highest BCUT2D eigenvalue weighted by Gasteiger charge is 2.17. The van der Waals surface area contributed by atoms with Crippen LogP contribution in [0.25, 0.3) is 10.9 Å². The number of hydrogen-bond donors (Lipinski definition) is 1. The zero-order valence-corrected chi connectivity index (χ0v) is 12.7. The van der Waals surface area contributed by atoms with Crippen molar-refractivity contribution >= 4 is 16.9 Å². The SMILES string of the molecule is Cc1ccccc1Cn1cc(C(=O)O)c(=O)c2cc(F)c(F)cc21. The molecule has 0 saturated carbocycles. The number of fused-ring (bicyclic) bond motifs is 1. The molecule has 122 valence electrons. The molecule has 0 aliphatic heterocycles. The van der Waals surface area contributed by atoms with Crippen molar-refractivity contribution in [3.63, 3.8) is 0 Å². The minimum absolute atomic E-state index is 0.146. The molecule has 2 aromatic carbocycles. The van der Waals surface area contributed by atoms with E-state index in [2.05, 4.69) is 0 Å². The Morgan fingerprint density at radius 3 is 2.50 bits per heavy atom. The fraction of sp³-hybridized carbons (Fsp3) is 0.111. The van der Waals surface area contributed by atoms with E-state index in [4.69, 9.17) is 0 Å². The lowest BCUT2D eigenvalue weighted by Gasteiger charge is -2.14. The maximum Gasteiger partial charge on any atom is 0.341 e. The molecule has 24 heavy (non-hydrogen) atoms. The van der Waals surface area contributed by atoms with Gasteiger partial charge in [0.1, 0.15) is 5.56 Å². The molecule has 0 aliphatic rings. The van der Waals surface area contributed by atoms with Gasteiger partial charge in [-0.05, 0) is 24.1 Å². The highest BCUT2D eigenvalue weighted by Crippen LogP contribution is 2.19. The van der Waals surface area contributed by atoms with Crippen molar-refractivity contribution in [1.29, 1.82) is 0 Å². The zero-order chi connectivity index (χ0) is 17.4. The second-order valence-corrected chi connectivity index (χ2v) is 5.51. The van der Waals surface area contributed by atoms with Gasteiger partial charge in [-0.25, -0.2) is 13.6 Å². The molecule has 0 aliphatic carbocycles. The largest absolute Gasteiger partial charge is 0.477 e. The van der Waals surface area contributed by atoms with Crippen LogP contribution < -0.4 is 5.43 Å². The van der Waals surface area contributed by atoms with Crippen molar-refractivity contribution in [1.82, 2.24) is 4.57 Å². The van der Waals surface area contributed by atoms with Gasteiger partial charge in [-0.3, -0.25) is 4.79 Å². The van der Waals surface area contributed by atoms with E-state index in [1.54, 1.807) is 0 Å². The monoisotopic (exact) mass is 329 g/mol. The first-order valence-corrected chi connectivity index (χ1v) is 7.18. The van der Waals surface area contributed by atoms with Gasteiger partial charge in [0.25, 0.3) is 0 Å². The fourth-order valence-corrected chi connectivity index (χ4v) is 2.64. The average molecular weight is 329 g/mol. The van der Waals surface area contributed by atoms with Crippen LogP contribution in [-0.4, -0.2) is 15.6 Å². The van der Waals surface area contributed by atoms with Crippen molar-refractivity contribution in [3.8, 4) is 0 Å². The van der Waals surface area contributed by atoms with Gasteiger partial charge in [0.2, 0.25) is 5.43 Å². The molecule has 3 aromatic rings. The molecule has 1 N–H and O–H groups in total. The summed E-state index contributed by atoms with van der Waals surface area (Å²) in [7, 11) is 0. The van der Waals surface area contributed by atoms with Crippen LogP contribution in [0.5, 0.6) is 0 Å². The third-order valence-corrected chi connectivity index (χ3v) is 3.95. The van der Waals surface area contributed by atoms with E-state index in [9.17, 15) is 23.5 Å². The van der Waals surface area contributed by atoms with Crippen LogP contribution in [0.15, 0.2) is 47.4 Å². The van der Waals surface area contributed by atoms with Gasteiger partial charge in [-0.1, -0.05) is 24.3 Å². The average Bonchev–Trinajstić information content (AvgIpc) is 2.53. The topological polar surface area (TPSA) is 59.3 Å². The highest BCUT2D eigenvalue weighted by molar-refractivity contribution is 5.92. The third kappa shape index (κ3) is 2.67. The molecule has 0 atom stereocenters. The van der Waals surface area contributed by atoms with E-state index in [1.165, 1.54) is 4.57 Å². The predicted molar refractivity (Wildman–Crippen MR) is 85.4 cm³/mol. The highest BCUT2D eigenvalue weighted by atomic mass is 19.2. The second kappa shape index (κ2) is 5.88. The van der Waals surface area contributed by atoms with Crippen molar-refractivity contribution < 1.29 is 18.7 Å². The summed E-state index contributed by atoms with van der Waals surface area (Å²) < 4.78 is 28.6. The number of pyridine rings is 1. The first-order chi connectivity index (χ1) is 11.4. The zero-order valence-electron chi connectivity index (χ0n) is 12.7. The second-order valence-electron chi connectivity index (χ2n) is 5.51. The maximum atomic E-state index is 13.6. The number of carboxylic acids is 1. The van der Waals surface area contributed by atoms with Crippen LogP contribution in [0.1, 0.15) is 21.5 Å². The number of carbonyl (C=O) groups is 1. The van der Waals surface area contributed by atoms with E-state index in [-0.39, 0.29) is 17.4 Å². The van der Waals surface area contributed by atoms with Gasteiger partial charge >= 0.3 is 5.97 Å². The Labute approximate surface area is 135 Å². The van der Waals surface area contributed by atoms with E-state index < -0.39 is 28.6 Å². The number of aromatic carboxylic acids is 1. The summed E-state index contributed by atoms with van der Waals surface area (Å²) in [6.07, 6.45) is 1.16. The Bertz CT molecular complexity index is 1020. The standard InChI is InChI=1S/C18H13F2NO3/c1-10-4-2-3-5-11(10)8-21-9-13(18(23)24)17(22)12-6-14(19)15(20)7-16(12)21/h2-7,9H,8H2,1H3,(H,23,24). The molecule has 0 amide bonds. The van der Waals surface area contributed by atoms with E-state index >= 15 is 0 Å². The van der Waals surface area contributed by atoms with E-state index in [0.29, 0.717) is 0 Å². The number of nitrogens with zero attached hydrogens (tertiary/aromatic N) is 1. The maximum absolute atomic E-state index is 13.6. The molecule has 0 unspecified atom stereocenters. The van der Waals surface area contributed by atoms with Gasteiger partial charge in [-0.15, -0.1) is 0 Å². The van der Waals surface area contributed by atoms with Crippen LogP contribution in [0, 0.1) is 18.6 Å². The molecule has 1 aromatic heterocycles. The minimum Gasteiger partial charge on any atom is -0.477 e. The van der Waals surface area contributed by atoms with Crippen LogP contribution in [0.4, 0.5) is 8.78 Å². The molecule has 0 spiro atoms. The number of rotatable bonds is 3. The van der Waals surface area contributed by atoms with Crippen LogP contribution in [0.3, 0.4) is 0 Å². The predicted octanol–water partition coefficient (Wildman–Crippen LogP) is 3.33. The Morgan fingerprint density at radius 2 is 1.83 bits per heavy atom. The Kier molecular flexibility index (Phi) is 3.89. The molecule has 0 saturated heterocycles. The summed E-state index contributed by atoms with van der Waals surface area (Å²) in [6, 6.07) is 9.08. The van der Waals surface area contributed by atoms with Crippen molar-refractivity contribution in [2.45, 2.75) is 13.5 Å². The number of carboxylic acid groups (broad SMARTS) is 1. The summed E-state index contributed by atoms with van der Waals surface area (Å²) in [5.74, 6) is -3.70. The molecule has 3 rings (SSSR count). The van der Waals surface area contributed by atoms with Crippen LogP contribution in [0.2, 0.25) is 0 Å². The van der Waals surface area contributed by atoms with E-state index in [0.717, 1.165) is 29.5 Å².